The maximum absolute atomic E-state index is 12.6. The molecule has 0 aliphatic carbocycles. The SMILES string of the molecule is COc1ccc(C)cc1NC(=O)c1cncc(Nc2ccccc2C)c1. The second-order valence-electron chi connectivity index (χ2n) is 6.06. The van der Waals surface area contributed by atoms with Crippen molar-refractivity contribution in [3.8, 4) is 5.75 Å². The van der Waals surface area contributed by atoms with Crippen LogP contribution in [0.5, 0.6) is 5.75 Å². The quantitative estimate of drug-likeness (QED) is 0.702. The van der Waals surface area contributed by atoms with Crippen molar-refractivity contribution in [3.05, 3.63) is 77.6 Å². The Morgan fingerprint density at radius 2 is 1.81 bits per heavy atom. The van der Waals surface area contributed by atoms with Gasteiger partial charge in [0.15, 0.2) is 0 Å². The number of aromatic nitrogens is 1. The first kappa shape index (κ1) is 17.5. The molecule has 0 unspecified atom stereocenters. The maximum Gasteiger partial charge on any atom is 0.257 e. The predicted octanol–water partition coefficient (Wildman–Crippen LogP) is 4.70. The van der Waals surface area contributed by atoms with Crippen LogP contribution in [0, 0.1) is 13.8 Å². The highest BCUT2D eigenvalue weighted by atomic mass is 16.5. The molecule has 0 atom stereocenters. The lowest BCUT2D eigenvalue weighted by Gasteiger charge is -2.12. The molecule has 1 amide bonds. The number of hydrogen-bond donors (Lipinski definition) is 2. The lowest BCUT2D eigenvalue weighted by atomic mass is 10.1. The van der Waals surface area contributed by atoms with Crippen molar-refractivity contribution in [3.63, 3.8) is 0 Å². The number of amides is 1. The zero-order chi connectivity index (χ0) is 18.5. The van der Waals surface area contributed by atoms with Crippen LogP contribution in [0.4, 0.5) is 17.1 Å². The fourth-order valence-electron chi connectivity index (χ4n) is 2.62. The second-order valence-corrected chi connectivity index (χ2v) is 6.06. The molecule has 0 saturated heterocycles. The first-order chi connectivity index (χ1) is 12.6. The summed E-state index contributed by atoms with van der Waals surface area (Å²) < 4.78 is 5.31. The van der Waals surface area contributed by atoms with Gasteiger partial charge in [-0.25, -0.2) is 0 Å². The third-order valence-corrected chi connectivity index (χ3v) is 4.03. The highest BCUT2D eigenvalue weighted by Crippen LogP contribution is 2.26. The van der Waals surface area contributed by atoms with Gasteiger partial charge in [-0.15, -0.1) is 0 Å². The van der Waals surface area contributed by atoms with Crippen molar-refractivity contribution in [2.45, 2.75) is 13.8 Å². The number of hydrogen-bond acceptors (Lipinski definition) is 4. The van der Waals surface area contributed by atoms with E-state index in [4.69, 9.17) is 4.74 Å². The Kier molecular flexibility index (Phi) is 5.17. The van der Waals surface area contributed by atoms with Crippen molar-refractivity contribution < 1.29 is 9.53 Å². The van der Waals surface area contributed by atoms with E-state index in [1.54, 1.807) is 25.6 Å². The normalized spacial score (nSPS) is 10.3. The van der Waals surface area contributed by atoms with Crippen LogP contribution in [-0.2, 0) is 0 Å². The molecule has 1 aromatic heterocycles. The third kappa shape index (κ3) is 4.00. The molecule has 5 nitrogen and oxygen atoms in total. The molecule has 0 radical (unpaired) electrons. The van der Waals surface area contributed by atoms with Gasteiger partial charge in [-0.1, -0.05) is 24.3 Å². The Morgan fingerprint density at radius 1 is 1.00 bits per heavy atom. The fourth-order valence-corrected chi connectivity index (χ4v) is 2.62. The Morgan fingerprint density at radius 3 is 2.58 bits per heavy atom. The Balaban J connectivity index is 1.81. The van der Waals surface area contributed by atoms with E-state index < -0.39 is 0 Å². The van der Waals surface area contributed by atoms with Crippen molar-refractivity contribution in [2.24, 2.45) is 0 Å². The fraction of sp³-hybridized carbons (Fsp3) is 0.143. The molecule has 1 heterocycles. The standard InChI is InChI=1S/C21H21N3O2/c1-14-8-9-20(26-3)19(10-14)24-21(25)16-11-17(13-22-12-16)23-18-7-5-4-6-15(18)2/h4-13,23H,1-3H3,(H,24,25). The number of anilines is 3. The summed E-state index contributed by atoms with van der Waals surface area (Å²) in [5.41, 5.74) is 4.98. The van der Waals surface area contributed by atoms with Crippen LogP contribution >= 0.6 is 0 Å². The maximum atomic E-state index is 12.6. The van der Waals surface area contributed by atoms with Gasteiger partial charge in [-0.05, 0) is 49.2 Å². The number of nitrogens with one attached hydrogen (secondary N) is 2. The molecule has 3 aromatic rings. The van der Waals surface area contributed by atoms with Gasteiger partial charge in [0.2, 0.25) is 0 Å². The summed E-state index contributed by atoms with van der Waals surface area (Å²) in [5, 5.41) is 6.19. The van der Waals surface area contributed by atoms with Crippen LogP contribution in [0.2, 0.25) is 0 Å². The largest absolute Gasteiger partial charge is 0.495 e. The molecule has 0 spiro atoms. The van der Waals surface area contributed by atoms with Gasteiger partial charge in [0.25, 0.3) is 5.91 Å². The van der Waals surface area contributed by atoms with E-state index >= 15 is 0 Å². The van der Waals surface area contributed by atoms with E-state index in [0.717, 1.165) is 22.5 Å². The molecule has 3 rings (SSSR count). The van der Waals surface area contributed by atoms with Gasteiger partial charge in [-0.3, -0.25) is 9.78 Å². The average Bonchev–Trinajstić information content (AvgIpc) is 2.64. The van der Waals surface area contributed by atoms with Gasteiger partial charge >= 0.3 is 0 Å². The molecular formula is C21H21N3O2. The minimum absolute atomic E-state index is 0.241. The van der Waals surface area contributed by atoms with E-state index in [-0.39, 0.29) is 5.91 Å². The number of methoxy groups -OCH3 is 1. The summed E-state index contributed by atoms with van der Waals surface area (Å²) in [4.78, 5) is 16.8. The van der Waals surface area contributed by atoms with Crippen LogP contribution in [0.1, 0.15) is 21.5 Å². The number of carbonyl (C=O) groups excluding carboxylic acids is 1. The van der Waals surface area contributed by atoms with Crippen molar-refractivity contribution in [1.82, 2.24) is 4.98 Å². The van der Waals surface area contributed by atoms with Gasteiger partial charge < -0.3 is 15.4 Å². The van der Waals surface area contributed by atoms with E-state index in [1.807, 2.05) is 56.3 Å². The second kappa shape index (κ2) is 7.70. The van der Waals surface area contributed by atoms with Crippen LogP contribution in [0.3, 0.4) is 0 Å². The Bertz CT molecular complexity index is 938. The smallest absolute Gasteiger partial charge is 0.257 e. The number of rotatable bonds is 5. The number of para-hydroxylation sites is 1. The van der Waals surface area contributed by atoms with Gasteiger partial charge in [0.1, 0.15) is 5.75 Å². The van der Waals surface area contributed by atoms with Crippen LogP contribution in [0.15, 0.2) is 60.9 Å². The molecule has 0 aliphatic heterocycles. The number of aryl methyl sites for hydroxylation is 2. The molecular weight excluding hydrogens is 326 g/mol. The molecule has 0 fully saturated rings. The lowest BCUT2D eigenvalue weighted by molar-refractivity contribution is 0.102. The lowest BCUT2D eigenvalue weighted by Crippen LogP contribution is -2.13. The van der Waals surface area contributed by atoms with Crippen molar-refractivity contribution in [1.29, 1.82) is 0 Å². The molecule has 0 aliphatic rings. The molecule has 132 valence electrons. The minimum Gasteiger partial charge on any atom is -0.495 e. The Labute approximate surface area is 153 Å². The van der Waals surface area contributed by atoms with E-state index in [1.165, 1.54) is 0 Å². The van der Waals surface area contributed by atoms with Crippen molar-refractivity contribution in [2.75, 3.05) is 17.7 Å². The summed E-state index contributed by atoms with van der Waals surface area (Å²) in [6.07, 6.45) is 3.23. The molecule has 2 N–H and O–H groups in total. The third-order valence-electron chi connectivity index (χ3n) is 4.03. The average molecular weight is 347 g/mol. The number of pyridine rings is 1. The molecule has 2 aromatic carbocycles. The zero-order valence-corrected chi connectivity index (χ0v) is 15.0. The minimum atomic E-state index is -0.241. The van der Waals surface area contributed by atoms with E-state index in [9.17, 15) is 4.79 Å². The van der Waals surface area contributed by atoms with Crippen LogP contribution < -0.4 is 15.4 Å². The number of nitrogens with zero attached hydrogens (tertiary/aromatic N) is 1. The number of carbonyl (C=O) groups is 1. The summed E-state index contributed by atoms with van der Waals surface area (Å²) in [6, 6.07) is 15.4. The van der Waals surface area contributed by atoms with Crippen molar-refractivity contribution >= 4 is 23.0 Å². The molecule has 5 heteroatoms. The summed E-state index contributed by atoms with van der Waals surface area (Å²) in [5.74, 6) is 0.376. The zero-order valence-electron chi connectivity index (χ0n) is 15.0. The van der Waals surface area contributed by atoms with Gasteiger partial charge in [0, 0.05) is 11.9 Å². The van der Waals surface area contributed by atoms with Crippen LogP contribution in [-0.4, -0.2) is 18.0 Å². The highest BCUT2D eigenvalue weighted by Gasteiger charge is 2.11. The Hall–Kier alpha value is -3.34. The summed E-state index contributed by atoms with van der Waals surface area (Å²) in [6.45, 7) is 3.99. The summed E-state index contributed by atoms with van der Waals surface area (Å²) in [7, 11) is 1.58. The van der Waals surface area contributed by atoms with E-state index in [2.05, 4.69) is 15.6 Å². The number of benzene rings is 2. The summed E-state index contributed by atoms with van der Waals surface area (Å²) >= 11 is 0. The highest BCUT2D eigenvalue weighted by molar-refractivity contribution is 6.05. The van der Waals surface area contributed by atoms with Gasteiger partial charge in [-0.2, -0.15) is 0 Å². The monoisotopic (exact) mass is 347 g/mol. The van der Waals surface area contributed by atoms with E-state index in [0.29, 0.717) is 17.0 Å². The number of ether oxygens (including phenoxy) is 1. The topological polar surface area (TPSA) is 63.2 Å². The van der Waals surface area contributed by atoms with Gasteiger partial charge in [0.05, 0.1) is 30.2 Å². The molecule has 0 saturated carbocycles. The molecule has 0 bridgehead atoms. The first-order valence-electron chi connectivity index (χ1n) is 8.30. The van der Waals surface area contributed by atoms with Crippen LogP contribution in [0.25, 0.3) is 0 Å². The predicted molar refractivity (Wildman–Crippen MR) is 104 cm³/mol. The molecule has 26 heavy (non-hydrogen) atoms. The first-order valence-corrected chi connectivity index (χ1v) is 8.30.